The lowest BCUT2D eigenvalue weighted by Gasteiger charge is -2.20. The van der Waals surface area contributed by atoms with Crippen LogP contribution in [0.15, 0.2) is 20.4 Å². The van der Waals surface area contributed by atoms with Gasteiger partial charge in [-0.25, -0.2) is 0 Å². The van der Waals surface area contributed by atoms with Gasteiger partial charge < -0.3 is 10.3 Å². The molecule has 6 heteroatoms. The van der Waals surface area contributed by atoms with Crippen molar-refractivity contribution in [3.63, 3.8) is 0 Å². The molecule has 1 aliphatic rings. The first-order valence-corrected chi connectivity index (χ1v) is 7.63. The van der Waals surface area contributed by atoms with Crippen molar-refractivity contribution in [2.45, 2.75) is 37.6 Å². The Morgan fingerprint density at radius 3 is 2.83 bits per heavy atom. The van der Waals surface area contributed by atoms with Crippen molar-refractivity contribution in [2.24, 2.45) is 5.73 Å². The molecule has 3 rings (SSSR count). The van der Waals surface area contributed by atoms with Crippen molar-refractivity contribution >= 4 is 27.3 Å². The molecule has 2 aromatic rings. The lowest BCUT2D eigenvalue weighted by atomic mass is 9.95. The maximum atomic E-state index is 6.31. The van der Waals surface area contributed by atoms with Crippen LogP contribution >= 0.6 is 27.3 Å². The first-order valence-electron chi connectivity index (χ1n) is 6.02. The van der Waals surface area contributed by atoms with Gasteiger partial charge in [0.15, 0.2) is 0 Å². The first-order chi connectivity index (χ1) is 8.65. The molecule has 1 aliphatic carbocycles. The molecular formula is C12H14BrN3OS. The molecule has 0 aromatic carbocycles. The highest BCUT2D eigenvalue weighted by Crippen LogP contribution is 2.32. The highest BCUT2D eigenvalue weighted by molar-refractivity contribution is 9.11. The highest BCUT2D eigenvalue weighted by atomic mass is 79.9. The quantitative estimate of drug-likeness (QED) is 0.938. The zero-order valence-corrected chi connectivity index (χ0v) is 12.3. The van der Waals surface area contributed by atoms with Gasteiger partial charge in [-0.2, -0.15) is 4.98 Å². The van der Waals surface area contributed by atoms with E-state index < -0.39 is 0 Å². The molecular weight excluding hydrogens is 314 g/mol. The molecule has 0 bridgehead atoms. The number of aromatic nitrogens is 2. The maximum absolute atomic E-state index is 6.31. The fourth-order valence-corrected chi connectivity index (χ4v) is 3.73. The van der Waals surface area contributed by atoms with E-state index >= 15 is 0 Å². The van der Waals surface area contributed by atoms with Crippen LogP contribution in [0.5, 0.6) is 0 Å². The van der Waals surface area contributed by atoms with Crippen LogP contribution in [0.2, 0.25) is 0 Å². The lowest BCUT2D eigenvalue weighted by molar-refractivity contribution is 0.329. The van der Waals surface area contributed by atoms with Gasteiger partial charge in [-0.15, -0.1) is 11.3 Å². The molecule has 2 N–H and O–H groups in total. The van der Waals surface area contributed by atoms with E-state index in [1.807, 2.05) is 12.1 Å². The predicted octanol–water partition coefficient (Wildman–Crippen LogP) is 3.37. The second-order valence-corrected chi connectivity index (χ2v) is 7.32. The molecule has 0 spiro atoms. The average Bonchev–Trinajstić information content (AvgIpc) is 3.01. The molecule has 96 valence electrons. The summed E-state index contributed by atoms with van der Waals surface area (Å²) in [5.74, 6) is 1.31. The summed E-state index contributed by atoms with van der Waals surface area (Å²) in [6.45, 7) is 0. The molecule has 2 heterocycles. The standard InChI is InChI=1S/C12H14BrN3OS/c13-9-4-3-8(18-9)11-15-10(17-16-11)7-12(14)5-1-2-6-12/h3-4H,1-2,5-7,14H2. The van der Waals surface area contributed by atoms with Crippen molar-refractivity contribution in [3.05, 3.63) is 21.8 Å². The molecule has 4 nitrogen and oxygen atoms in total. The topological polar surface area (TPSA) is 64.9 Å². The molecule has 0 unspecified atom stereocenters. The molecule has 0 radical (unpaired) electrons. The summed E-state index contributed by atoms with van der Waals surface area (Å²) in [6, 6.07) is 3.97. The van der Waals surface area contributed by atoms with Crippen molar-refractivity contribution in [1.29, 1.82) is 0 Å². The Bertz CT molecular complexity index is 545. The average molecular weight is 328 g/mol. The van der Waals surface area contributed by atoms with Crippen LogP contribution in [0.25, 0.3) is 10.7 Å². The van der Waals surface area contributed by atoms with Crippen LogP contribution < -0.4 is 5.73 Å². The Morgan fingerprint density at radius 1 is 1.39 bits per heavy atom. The van der Waals surface area contributed by atoms with E-state index in [4.69, 9.17) is 10.3 Å². The van der Waals surface area contributed by atoms with Crippen molar-refractivity contribution in [2.75, 3.05) is 0 Å². The minimum absolute atomic E-state index is 0.139. The normalized spacial score (nSPS) is 18.3. The van der Waals surface area contributed by atoms with E-state index in [0.717, 1.165) is 21.5 Å². The van der Waals surface area contributed by atoms with Crippen molar-refractivity contribution in [3.8, 4) is 10.7 Å². The SMILES string of the molecule is NC1(Cc2nc(-c3ccc(Br)s3)no2)CCCC1. The summed E-state index contributed by atoms with van der Waals surface area (Å²) in [6.07, 6.45) is 5.20. The fourth-order valence-electron chi connectivity index (χ4n) is 2.42. The Kier molecular flexibility index (Phi) is 3.25. The third-order valence-electron chi connectivity index (χ3n) is 3.36. The second-order valence-electron chi connectivity index (χ2n) is 4.86. The summed E-state index contributed by atoms with van der Waals surface area (Å²) in [5.41, 5.74) is 6.17. The van der Waals surface area contributed by atoms with Gasteiger partial charge in [0.2, 0.25) is 11.7 Å². The van der Waals surface area contributed by atoms with Crippen LogP contribution in [0.4, 0.5) is 0 Å². The van der Waals surface area contributed by atoms with E-state index in [0.29, 0.717) is 18.1 Å². The Hall–Kier alpha value is -0.720. The highest BCUT2D eigenvalue weighted by Gasteiger charge is 2.31. The van der Waals surface area contributed by atoms with Gasteiger partial charge in [0, 0.05) is 12.0 Å². The minimum atomic E-state index is -0.139. The Morgan fingerprint density at radius 2 is 2.17 bits per heavy atom. The summed E-state index contributed by atoms with van der Waals surface area (Å²) < 4.78 is 6.37. The molecule has 1 fully saturated rings. The third-order valence-corrected chi connectivity index (χ3v) is 4.98. The number of thiophene rings is 1. The number of nitrogens with zero attached hydrogens (tertiary/aromatic N) is 2. The number of hydrogen-bond acceptors (Lipinski definition) is 5. The van der Waals surface area contributed by atoms with Gasteiger partial charge >= 0.3 is 0 Å². The molecule has 0 saturated heterocycles. The summed E-state index contributed by atoms with van der Waals surface area (Å²) in [4.78, 5) is 5.44. The van der Waals surface area contributed by atoms with E-state index in [9.17, 15) is 0 Å². The number of hydrogen-bond donors (Lipinski definition) is 1. The molecule has 1 saturated carbocycles. The fraction of sp³-hybridized carbons (Fsp3) is 0.500. The van der Waals surface area contributed by atoms with E-state index in [1.54, 1.807) is 11.3 Å². The summed E-state index contributed by atoms with van der Waals surface area (Å²) >= 11 is 5.02. The second kappa shape index (κ2) is 4.75. The van der Waals surface area contributed by atoms with E-state index in [-0.39, 0.29) is 5.54 Å². The largest absolute Gasteiger partial charge is 0.339 e. The predicted molar refractivity (Wildman–Crippen MR) is 74.4 cm³/mol. The molecule has 2 aromatic heterocycles. The van der Waals surface area contributed by atoms with E-state index in [2.05, 4.69) is 26.1 Å². The molecule has 0 aliphatic heterocycles. The molecule has 18 heavy (non-hydrogen) atoms. The van der Waals surface area contributed by atoms with Gasteiger partial charge in [-0.3, -0.25) is 0 Å². The Labute approximate surface area is 118 Å². The Balaban J connectivity index is 1.77. The minimum Gasteiger partial charge on any atom is -0.339 e. The molecule has 0 atom stereocenters. The number of halogens is 1. The van der Waals surface area contributed by atoms with Crippen molar-refractivity contribution < 1.29 is 4.52 Å². The number of nitrogens with two attached hydrogens (primary N) is 1. The third kappa shape index (κ3) is 2.50. The monoisotopic (exact) mass is 327 g/mol. The van der Waals surface area contributed by atoms with E-state index in [1.165, 1.54) is 12.8 Å². The van der Waals surface area contributed by atoms with Crippen LogP contribution in [0.3, 0.4) is 0 Å². The van der Waals surface area contributed by atoms with Crippen molar-refractivity contribution in [1.82, 2.24) is 10.1 Å². The van der Waals surface area contributed by atoms with Gasteiger partial charge in [-0.1, -0.05) is 18.0 Å². The van der Waals surface area contributed by atoms with Crippen LogP contribution in [-0.2, 0) is 6.42 Å². The van der Waals surface area contributed by atoms with Crippen LogP contribution in [0.1, 0.15) is 31.6 Å². The van der Waals surface area contributed by atoms with Crippen LogP contribution in [0, 0.1) is 0 Å². The van der Waals surface area contributed by atoms with Gasteiger partial charge in [0.05, 0.1) is 8.66 Å². The van der Waals surface area contributed by atoms with Gasteiger partial charge in [0.25, 0.3) is 0 Å². The summed E-state index contributed by atoms with van der Waals surface area (Å²) in [7, 11) is 0. The first kappa shape index (κ1) is 12.3. The van der Waals surface area contributed by atoms with Gasteiger partial charge in [0.1, 0.15) is 0 Å². The number of rotatable bonds is 3. The smallest absolute Gasteiger partial charge is 0.228 e. The van der Waals surface area contributed by atoms with Gasteiger partial charge in [-0.05, 0) is 40.9 Å². The zero-order chi connectivity index (χ0) is 12.6. The lowest BCUT2D eigenvalue weighted by Crippen LogP contribution is -2.38. The molecule has 0 amide bonds. The maximum Gasteiger partial charge on any atom is 0.228 e. The van der Waals surface area contributed by atoms with Crippen LogP contribution in [-0.4, -0.2) is 15.7 Å². The zero-order valence-electron chi connectivity index (χ0n) is 9.86. The summed E-state index contributed by atoms with van der Waals surface area (Å²) in [5, 5.41) is 4.02.